The van der Waals surface area contributed by atoms with Gasteiger partial charge in [0.25, 0.3) is 11.5 Å². The third-order valence-electron chi connectivity index (χ3n) is 7.01. The Bertz CT molecular complexity index is 1500. The lowest BCUT2D eigenvalue weighted by molar-refractivity contribution is -0.133. The van der Waals surface area contributed by atoms with E-state index in [2.05, 4.69) is 28.9 Å². The first-order chi connectivity index (χ1) is 17.1. The predicted octanol–water partition coefficient (Wildman–Crippen LogP) is 2.93. The molecule has 0 N–H and O–H groups in total. The van der Waals surface area contributed by atoms with Crippen molar-refractivity contribution in [3.63, 3.8) is 0 Å². The summed E-state index contributed by atoms with van der Waals surface area (Å²) in [5, 5.41) is 1.70. The van der Waals surface area contributed by atoms with Gasteiger partial charge in [0.2, 0.25) is 0 Å². The van der Waals surface area contributed by atoms with Gasteiger partial charge >= 0.3 is 0 Å². The normalized spacial score (nSPS) is 15.6. The highest BCUT2D eigenvalue weighted by molar-refractivity contribution is 5.84. The van der Waals surface area contributed by atoms with E-state index in [1.807, 2.05) is 23.1 Å². The highest BCUT2D eigenvalue weighted by atomic mass is 16.5. The molecule has 2 aromatic heterocycles. The summed E-state index contributed by atoms with van der Waals surface area (Å²) in [5.74, 6) is 2.25. The summed E-state index contributed by atoms with van der Waals surface area (Å²) in [6, 6.07) is 15.6. The van der Waals surface area contributed by atoms with Gasteiger partial charge in [0.05, 0.1) is 16.4 Å². The zero-order valence-corrected chi connectivity index (χ0v) is 19.7. The molecule has 2 aromatic carbocycles. The topological polar surface area (TPSA) is 80.6 Å². The number of anilines is 1. The predicted molar refractivity (Wildman–Crippen MR) is 135 cm³/mol. The summed E-state index contributed by atoms with van der Waals surface area (Å²) in [4.78, 5) is 39.1. The lowest BCUT2D eigenvalue weighted by Gasteiger charge is -2.35. The zero-order valence-electron chi connectivity index (χ0n) is 19.7. The molecule has 8 heteroatoms. The lowest BCUT2D eigenvalue weighted by atomic mass is 10.1. The van der Waals surface area contributed by atoms with E-state index >= 15 is 0 Å². The number of nitrogens with zero attached hydrogens (tertiary/aromatic N) is 5. The standard InChI is InChI=1S/C27H27N5O3/c1-18-15-25(29-22-6-3-2-5-20(18)22)30-11-13-31(14-12-30)26(33)17-35-19-8-9-23-21(16-19)27(34)32-10-4-7-24(32)28-23/h2-3,5-6,8-9,15-16H,4,7,10-14,17H2,1H3. The van der Waals surface area contributed by atoms with Crippen LogP contribution < -0.4 is 15.2 Å². The van der Waals surface area contributed by atoms with Crippen molar-refractivity contribution in [3.8, 4) is 5.75 Å². The van der Waals surface area contributed by atoms with Gasteiger partial charge in [0.1, 0.15) is 17.4 Å². The van der Waals surface area contributed by atoms with Crippen LogP contribution >= 0.6 is 0 Å². The summed E-state index contributed by atoms with van der Waals surface area (Å²) >= 11 is 0. The van der Waals surface area contributed by atoms with Crippen molar-refractivity contribution in [2.75, 3.05) is 37.7 Å². The van der Waals surface area contributed by atoms with Crippen molar-refractivity contribution in [2.24, 2.45) is 0 Å². The first kappa shape index (κ1) is 21.6. The number of amides is 1. The largest absolute Gasteiger partial charge is 0.484 e. The number of benzene rings is 2. The second-order valence-corrected chi connectivity index (χ2v) is 9.24. The molecule has 0 bridgehead atoms. The zero-order chi connectivity index (χ0) is 23.9. The number of hydrogen-bond donors (Lipinski definition) is 0. The number of aromatic nitrogens is 3. The Labute approximate surface area is 202 Å². The number of para-hydroxylation sites is 1. The first-order valence-corrected chi connectivity index (χ1v) is 12.1. The van der Waals surface area contributed by atoms with Crippen molar-refractivity contribution < 1.29 is 9.53 Å². The Morgan fingerprint density at radius 3 is 2.60 bits per heavy atom. The summed E-state index contributed by atoms with van der Waals surface area (Å²) in [7, 11) is 0. The van der Waals surface area contributed by atoms with Gasteiger partial charge in [-0.25, -0.2) is 9.97 Å². The Hall–Kier alpha value is -3.94. The Morgan fingerprint density at radius 2 is 1.74 bits per heavy atom. The highest BCUT2D eigenvalue weighted by Crippen LogP contribution is 2.24. The average molecular weight is 470 g/mol. The number of hydrogen-bond acceptors (Lipinski definition) is 6. The molecular weight excluding hydrogens is 442 g/mol. The molecular formula is C27H27N5O3. The van der Waals surface area contributed by atoms with Crippen LogP contribution in [0.3, 0.4) is 0 Å². The minimum Gasteiger partial charge on any atom is -0.484 e. The molecule has 0 atom stereocenters. The molecule has 4 aromatic rings. The van der Waals surface area contributed by atoms with E-state index in [4.69, 9.17) is 9.72 Å². The van der Waals surface area contributed by atoms with Crippen LogP contribution in [0.4, 0.5) is 5.82 Å². The van der Waals surface area contributed by atoms with Gasteiger partial charge in [0, 0.05) is 44.5 Å². The van der Waals surface area contributed by atoms with Gasteiger partial charge in [-0.15, -0.1) is 0 Å². The van der Waals surface area contributed by atoms with E-state index in [1.54, 1.807) is 22.8 Å². The number of piperazine rings is 1. The lowest BCUT2D eigenvalue weighted by Crippen LogP contribution is -2.50. The molecule has 0 unspecified atom stereocenters. The third-order valence-corrected chi connectivity index (χ3v) is 7.01. The van der Waals surface area contributed by atoms with Gasteiger partial charge in [-0.1, -0.05) is 18.2 Å². The molecule has 2 aliphatic heterocycles. The van der Waals surface area contributed by atoms with Crippen LogP contribution in [0.25, 0.3) is 21.8 Å². The van der Waals surface area contributed by atoms with Crippen molar-refractivity contribution in [1.29, 1.82) is 0 Å². The monoisotopic (exact) mass is 469 g/mol. The fraction of sp³-hybridized carbons (Fsp3) is 0.333. The van der Waals surface area contributed by atoms with E-state index in [1.165, 1.54) is 10.9 Å². The van der Waals surface area contributed by atoms with Gasteiger partial charge in [-0.05, 0) is 49.2 Å². The second-order valence-electron chi connectivity index (χ2n) is 9.24. The summed E-state index contributed by atoms with van der Waals surface area (Å²) < 4.78 is 7.52. The van der Waals surface area contributed by atoms with Gasteiger partial charge in [-0.2, -0.15) is 0 Å². The Morgan fingerprint density at radius 1 is 0.943 bits per heavy atom. The number of pyridine rings is 1. The minimum absolute atomic E-state index is 0.0343. The van der Waals surface area contributed by atoms with Crippen LogP contribution in [-0.2, 0) is 17.8 Å². The van der Waals surface area contributed by atoms with Crippen molar-refractivity contribution in [3.05, 3.63) is 70.3 Å². The number of aryl methyl sites for hydroxylation is 2. The minimum atomic E-state index is -0.0591. The fourth-order valence-electron chi connectivity index (χ4n) is 5.07. The maximum absolute atomic E-state index is 12.8. The Kier molecular flexibility index (Phi) is 5.36. The van der Waals surface area contributed by atoms with Gasteiger partial charge in [0.15, 0.2) is 6.61 Å². The number of rotatable bonds is 4. The van der Waals surface area contributed by atoms with Crippen LogP contribution in [0, 0.1) is 6.92 Å². The maximum Gasteiger partial charge on any atom is 0.261 e. The molecule has 35 heavy (non-hydrogen) atoms. The molecule has 178 valence electrons. The molecule has 0 radical (unpaired) electrons. The smallest absolute Gasteiger partial charge is 0.261 e. The first-order valence-electron chi connectivity index (χ1n) is 12.1. The summed E-state index contributed by atoms with van der Waals surface area (Å²) in [6.07, 6.45) is 1.78. The van der Waals surface area contributed by atoms with E-state index in [9.17, 15) is 9.59 Å². The number of ether oxygens (including phenoxy) is 1. The molecule has 6 rings (SSSR count). The molecule has 4 heterocycles. The van der Waals surface area contributed by atoms with Gasteiger partial charge < -0.3 is 14.5 Å². The van der Waals surface area contributed by atoms with Crippen LogP contribution in [0.2, 0.25) is 0 Å². The quantitative estimate of drug-likeness (QED) is 0.457. The van der Waals surface area contributed by atoms with E-state index < -0.39 is 0 Å². The molecule has 2 aliphatic rings. The molecule has 0 spiro atoms. The molecule has 1 amide bonds. The number of carbonyl (C=O) groups is 1. The molecule has 0 saturated carbocycles. The third kappa shape index (κ3) is 3.99. The van der Waals surface area contributed by atoms with Crippen LogP contribution in [-0.4, -0.2) is 58.1 Å². The van der Waals surface area contributed by atoms with Crippen molar-refractivity contribution in [2.45, 2.75) is 26.3 Å². The van der Waals surface area contributed by atoms with E-state index in [0.717, 1.165) is 43.1 Å². The molecule has 8 nitrogen and oxygen atoms in total. The van der Waals surface area contributed by atoms with Crippen LogP contribution in [0.5, 0.6) is 5.75 Å². The van der Waals surface area contributed by atoms with E-state index in [0.29, 0.717) is 36.3 Å². The number of fused-ring (bicyclic) bond motifs is 3. The summed E-state index contributed by atoms with van der Waals surface area (Å²) in [6.45, 7) is 5.44. The molecule has 1 saturated heterocycles. The fourth-order valence-corrected chi connectivity index (χ4v) is 5.07. The number of carbonyl (C=O) groups excluding carboxylic acids is 1. The van der Waals surface area contributed by atoms with E-state index in [-0.39, 0.29) is 18.1 Å². The Balaban J connectivity index is 1.09. The van der Waals surface area contributed by atoms with Crippen molar-refractivity contribution >= 4 is 33.5 Å². The maximum atomic E-state index is 12.8. The van der Waals surface area contributed by atoms with Crippen molar-refractivity contribution in [1.82, 2.24) is 19.4 Å². The summed E-state index contributed by atoms with van der Waals surface area (Å²) in [5.41, 5.74) is 2.83. The second kappa shape index (κ2) is 8.69. The SMILES string of the molecule is Cc1cc(N2CCN(C(=O)COc3ccc4nc5n(c(=O)c4c3)CCC5)CC2)nc2ccccc12. The van der Waals surface area contributed by atoms with Crippen LogP contribution in [0.1, 0.15) is 17.8 Å². The van der Waals surface area contributed by atoms with Crippen LogP contribution in [0.15, 0.2) is 53.3 Å². The molecule has 0 aliphatic carbocycles. The average Bonchev–Trinajstić information content (AvgIpc) is 3.36. The van der Waals surface area contributed by atoms with Gasteiger partial charge in [-0.3, -0.25) is 14.2 Å². The highest BCUT2D eigenvalue weighted by Gasteiger charge is 2.23. The molecule has 1 fully saturated rings.